The third kappa shape index (κ3) is 2.83. The number of imide groups is 1. The summed E-state index contributed by atoms with van der Waals surface area (Å²) in [6, 6.07) is 18.9. The molecule has 3 aromatic rings. The van der Waals surface area contributed by atoms with Gasteiger partial charge in [-0.1, -0.05) is 47.5 Å². The van der Waals surface area contributed by atoms with Gasteiger partial charge in [0.2, 0.25) is 0 Å². The number of fused-ring (bicyclic) bond motifs is 1. The van der Waals surface area contributed by atoms with Crippen LogP contribution in [0.5, 0.6) is 11.5 Å². The molecule has 26 heavy (non-hydrogen) atoms. The van der Waals surface area contributed by atoms with E-state index in [0.717, 1.165) is 4.90 Å². The van der Waals surface area contributed by atoms with Gasteiger partial charge in [0.15, 0.2) is 0 Å². The lowest BCUT2D eigenvalue weighted by atomic mass is 10.1. The zero-order valence-corrected chi connectivity index (χ0v) is 14.8. The summed E-state index contributed by atoms with van der Waals surface area (Å²) in [6.07, 6.45) is 0. The van der Waals surface area contributed by atoms with Gasteiger partial charge >= 0.3 is 0 Å². The molecular formula is C20H11Cl2NO3. The Morgan fingerprint density at radius 3 is 1.88 bits per heavy atom. The summed E-state index contributed by atoms with van der Waals surface area (Å²) >= 11 is 12.0. The summed E-state index contributed by atoms with van der Waals surface area (Å²) in [5.41, 5.74) is 0.884. The van der Waals surface area contributed by atoms with Crippen molar-refractivity contribution in [1.29, 1.82) is 0 Å². The topological polar surface area (TPSA) is 46.6 Å². The zero-order chi connectivity index (χ0) is 18.3. The maximum atomic E-state index is 12.7. The van der Waals surface area contributed by atoms with Crippen LogP contribution in [0, 0.1) is 0 Å². The highest BCUT2D eigenvalue weighted by atomic mass is 35.5. The lowest BCUT2D eigenvalue weighted by molar-refractivity contribution is 0.0926. The van der Waals surface area contributed by atoms with Gasteiger partial charge in [-0.3, -0.25) is 9.59 Å². The first-order chi connectivity index (χ1) is 12.5. The third-order valence-electron chi connectivity index (χ3n) is 3.98. The maximum Gasteiger partial charge on any atom is 0.266 e. The van der Waals surface area contributed by atoms with Crippen LogP contribution < -0.4 is 9.64 Å². The van der Waals surface area contributed by atoms with Gasteiger partial charge in [-0.15, -0.1) is 0 Å². The molecule has 4 rings (SSSR count). The Balaban J connectivity index is 1.69. The quantitative estimate of drug-likeness (QED) is 0.554. The molecule has 0 unspecified atom stereocenters. The molecule has 0 aliphatic carbocycles. The van der Waals surface area contributed by atoms with E-state index >= 15 is 0 Å². The van der Waals surface area contributed by atoms with Crippen LogP contribution >= 0.6 is 23.2 Å². The summed E-state index contributed by atoms with van der Waals surface area (Å²) in [5.74, 6) is 0.285. The van der Waals surface area contributed by atoms with Crippen LogP contribution in [0.25, 0.3) is 0 Å². The van der Waals surface area contributed by atoms with Crippen molar-refractivity contribution in [2.75, 3.05) is 4.90 Å². The van der Waals surface area contributed by atoms with E-state index in [0.29, 0.717) is 17.2 Å². The molecule has 0 atom stereocenters. The third-order valence-corrected chi connectivity index (χ3v) is 4.70. The molecule has 1 aliphatic heterocycles. The first-order valence-corrected chi connectivity index (χ1v) is 8.51. The average molecular weight is 384 g/mol. The van der Waals surface area contributed by atoms with Gasteiger partial charge in [-0.25, -0.2) is 4.90 Å². The standard InChI is InChI=1S/C20H11Cl2NO3/c21-17-10-15-16(11-18(17)22)20(25)23(19(15)24)12-5-4-8-14(9-12)26-13-6-2-1-3-7-13/h1-11H. The average Bonchev–Trinajstić information content (AvgIpc) is 2.87. The predicted molar refractivity (Wildman–Crippen MR) is 101 cm³/mol. The van der Waals surface area contributed by atoms with E-state index in [2.05, 4.69) is 0 Å². The first-order valence-electron chi connectivity index (χ1n) is 7.75. The highest BCUT2D eigenvalue weighted by molar-refractivity contribution is 6.44. The Kier molecular flexibility index (Phi) is 4.15. The van der Waals surface area contributed by atoms with Crippen LogP contribution in [0.15, 0.2) is 66.7 Å². The summed E-state index contributed by atoms with van der Waals surface area (Å²) in [4.78, 5) is 26.5. The normalized spacial score (nSPS) is 13.1. The van der Waals surface area contributed by atoms with E-state index in [4.69, 9.17) is 27.9 Å². The van der Waals surface area contributed by atoms with Gasteiger partial charge in [0, 0.05) is 6.07 Å². The number of nitrogens with zero attached hydrogens (tertiary/aromatic N) is 1. The summed E-state index contributed by atoms with van der Waals surface area (Å²) < 4.78 is 5.77. The largest absolute Gasteiger partial charge is 0.457 e. The van der Waals surface area contributed by atoms with Crippen molar-refractivity contribution in [2.24, 2.45) is 0 Å². The molecule has 6 heteroatoms. The van der Waals surface area contributed by atoms with E-state index in [1.54, 1.807) is 24.3 Å². The number of anilines is 1. The van der Waals surface area contributed by atoms with Crippen LogP contribution in [0.3, 0.4) is 0 Å². The van der Waals surface area contributed by atoms with Gasteiger partial charge in [0.05, 0.1) is 26.9 Å². The molecule has 0 aromatic heterocycles. The molecule has 0 bridgehead atoms. The Labute approximate surface area is 159 Å². The van der Waals surface area contributed by atoms with E-state index in [1.807, 2.05) is 30.3 Å². The highest BCUT2D eigenvalue weighted by Gasteiger charge is 2.37. The molecule has 0 saturated carbocycles. The Bertz CT molecular complexity index is 993. The Morgan fingerprint density at radius 1 is 0.692 bits per heavy atom. The van der Waals surface area contributed by atoms with Crippen molar-refractivity contribution < 1.29 is 14.3 Å². The number of carbonyl (C=O) groups is 2. The minimum Gasteiger partial charge on any atom is -0.457 e. The number of benzene rings is 3. The number of hydrogen-bond donors (Lipinski definition) is 0. The summed E-state index contributed by atoms with van der Waals surface area (Å²) in [5, 5.41) is 0.462. The second kappa shape index (κ2) is 6.48. The number of halogens is 2. The van der Waals surface area contributed by atoms with Gasteiger partial charge in [-0.05, 0) is 36.4 Å². The Morgan fingerprint density at radius 2 is 1.27 bits per heavy atom. The highest BCUT2D eigenvalue weighted by Crippen LogP contribution is 2.35. The van der Waals surface area contributed by atoms with E-state index in [1.165, 1.54) is 12.1 Å². The van der Waals surface area contributed by atoms with Crippen molar-refractivity contribution in [1.82, 2.24) is 0 Å². The fraction of sp³-hybridized carbons (Fsp3) is 0. The number of amides is 2. The van der Waals surface area contributed by atoms with Crippen molar-refractivity contribution in [3.05, 3.63) is 87.9 Å². The molecule has 0 spiro atoms. The maximum absolute atomic E-state index is 12.7. The molecule has 1 aliphatic rings. The summed E-state index contributed by atoms with van der Waals surface area (Å²) in [7, 11) is 0. The predicted octanol–water partition coefficient (Wildman–Crippen LogP) is 5.59. The monoisotopic (exact) mass is 383 g/mol. The molecule has 0 radical (unpaired) electrons. The van der Waals surface area contributed by atoms with Crippen LogP contribution in [-0.4, -0.2) is 11.8 Å². The van der Waals surface area contributed by atoms with Crippen molar-refractivity contribution in [3.8, 4) is 11.5 Å². The lowest BCUT2D eigenvalue weighted by Gasteiger charge is -2.15. The number of carbonyl (C=O) groups excluding carboxylic acids is 2. The summed E-state index contributed by atoms with van der Waals surface area (Å²) in [6.45, 7) is 0. The van der Waals surface area contributed by atoms with Crippen LogP contribution in [0.2, 0.25) is 10.0 Å². The zero-order valence-electron chi connectivity index (χ0n) is 13.3. The number of para-hydroxylation sites is 1. The Hall–Kier alpha value is -2.82. The molecule has 3 aromatic carbocycles. The van der Waals surface area contributed by atoms with E-state index < -0.39 is 11.8 Å². The van der Waals surface area contributed by atoms with Crippen LogP contribution in [0.1, 0.15) is 20.7 Å². The van der Waals surface area contributed by atoms with Crippen molar-refractivity contribution in [2.45, 2.75) is 0 Å². The van der Waals surface area contributed by atoms with Crippen molar-refractivity contribution >= 4 is 40.7 Å². The smallest absolute Gasteiger partial charge is 0.266 e. The first kappa shape index (κ1) is 16.6. The lowest BCUT2D eigenvalue weighted by Crippen LogP contribution is -2.29. The van der Waals surface area contributed by atoms with Crippen LogP contribution in [0.4, 0.5) is 5.69 Å². The number of ether oxygens (including phenoxy) is 1. The molecule has 128 valence electrons. The molecular weight excluding hydrogens is 373 g/mol. The van der Waals surface area contributed by atoms with Gasteiger partial charge < -0.3 is 4.74 Å². The van der Waals surface area contributed by atoms with Crippen molar-refractivity contribution in [3.63, 3.8) is 0 Å². The molecule has 0 fully saturated rings. The SMILES string of the molecule is O=C1c2cc(Cl)c(Cl)cc2C(=O)N1c1cccc(Oc2ccccc2)c1. The molecule has 4 nitrogen and oxygen atoms in total. The van der Waals surface area contributed by atoms with E-state index in [9.17, 15) is 9.59 Å². The fourth-order valence-electron chi connectivity index (χ4n) is 2.78. The van der Waals surface area contributed by atoms with Gasteiger partial charge in [0.1, 0.15) is 11.5 Å². The molecule has 1 heterocycles. The minimum atomic E-state index is -0.444. The second-order valence-corrected chi connectivity index (χ2v) is 6.48. The number of hydrogen-bond acceptors (Lipinski definition) is 3. The van der Waals surface area contributed by atoms with Crippen LogP contribution in [-0.2, 0) is 0 Å². The minimum absolute atomic E-state index is 0.231. The van der Waals surface area contributed by atoms with Gasteiger partial charge in [-0.2, -0.15) is 0 Å². The molecule has 2 amide bonds. The second-order valence-electron chi connectivity index (χ2n) is 5.67. The molecule has 0 saturated heterocycles. The molecule has 0 N–H and O–H groups in total. The van der Waals surface area contributed by atoms with E-state index in [-0.39, 0.29) is 21.2 Å². The van der Waals surface area contributed by atoms with Gasteiger partial charge in [0.25, 0.3) is 11.8 Å². The fourth-order valence-corrected chi connectivity index (χ4v) is 3.11. The number of rotatable bonds is 3.